The smallest absolute Gasteiger partial charge is 0.143 e. The lowest BCUT2D eigenvalue weighted by Crippen LogP contribution is -2.42. The second kappa shape index (κ2) is 30.2. The average molecular weight is 1440 g/mol. The van der Waals surface area contributed by atoms with Gasteiger partial charge in [0.1, 0.15) is 76.9 Å². The van der Waals surface area contributed by atoms with Crippen molar-refractivity contribution >= 4 is 51.8 Å². The number of H-pyrrole nitrogens is 4. The fourth-order valence-electron chi connectivity index (χ4n) is 16.1. The van der Waals surface area contributed by atoms with Crippen LogP contribution in [0, 0.1) is 47.4 Å². The zero-order valence-electron chi connectivity index (χ0n) is 62.9. The molecule has 0 unspecified atom stereocenters. The summed E-state index contributed by atoms with van der Waals surface area (Å²) in [7, 11) is 3.39. The van der Waals surface area contributed by atoms with Crippen molar-refractivity contribution in [2.75, 3.05) is 68.2 Å². The standard InChI is InChI=1S/C30H32N6O.C30H31N5O.C29H28FN5/c1-18-5-7-21(8-6-18)25-16-24-29(34-25)31-17-32-30(24)36-13-11-22(12-14-36)28-33-20(3)27(35-28)23-9-10-26(37-4)19(2)15-23;1-19-4-6-21(7-5-19)24-16-26-27(17-24)31-18-32-30(26)35-14-12-23(13-15-35)29-33-20(2)28(34-29)22-8-10-25(36-3)11-9-22;1-19-26(21-6-4-3-5-7-21)34-28(33-19)29(2)12-14-35(15-13-29)27-24-16-22(17-25(24)31-18-32-27)20-8-10-23(30)11-9-20/h5-10,15-17,22H,11-14H2,1-4H3,(H,33,35)(H,31,32,34);4-11,16,18,23H,12-15,17H2,1-3H3,(H,33,34);3-11,16,18H,12-15,17H2,1-2H3,(H,33,34). The van der Waals surface area contributed by atoms with Crippen LogP contribution in [0.3, 0.4) is 0 Å². The van der Waals surface area contributed by atoms with Crippen LogP contribution in [-0.4, -0.2) is 118 Å². The van der Waals surface area contributed by atoms with Crippen molar-refractivity contribution in [3.8, 4) is 56.5 Å². The van der Waals surface area contributed by atoms with Gasteiger partial charge >= 0.3 is 0 Å². The number of nitrogens with one attached hydrogen (secondary N) is 4. The Kier molecular flexibility index (Phi) is 19.7. The molecule has 18 rings (SSSR count). The predicted octanol–water partition coefficient (Wildman–Crippen LogP) is 18.3. The Labute approximate surface area is 630 Å². The molecule has 3 fully saturated rings. The number of methoxy groups -OCH3 is 2. The molecule has 3 aliphatic heterocycles. The molecular weight excluding hydrogens is 1340 g/mol. The SMILES string of the molecule is COc1ccc(-c2nc(C3CCN(c4ncnc5[nH]c(-c6ccc(C)cc6)cc45)CC3)[nH]c2C)cc1C.COc1ccc(-c2nc(C3CCN(c4ncnc5c4C=C(c4ccc(C)cc4)C5)CC3)[nH]c2C)cc1.Cc1[nH]c(C2(C)CCN(c3ncnc4c3C=C(c3ccc(F)cc3)C4)CC2)nc1-c1ccccc1. The molecule has 0 amide bonds. The van der Waals surface area contributed by atoms with E-state index in [1.807, 2.05) is 36.4 Å². The number of halogens is 1. The van der Waals surface area contributed by atoms with Crippen molar-refractivity contribution in [3.05, 3.63) is 261 Å². The zero-order chi connectivity index (χ0) is 74.2. The summed E-state index contributed by atoms with van der Waals surface area (Å²) in [5.74, 6) is 8.66. The van der Waals surface area contributed by atoms with E-state index >= 15 is 0 Å². The molecule has 0 spiro atoms. The summed E-state index contributed by atoms with van der Waals surface area (Å²) < 4.78 is 24.1. The summed E-state index contributed by atoms with van der Waals surface area (Å²) in [5, 5.41) is 1.07. The highest BCUT2D eigenvalue weighted by Gasteiger charge is 2.37. The van der Waals surface area contributed by atoms with E-state index in [1.54, 1.807) is 33.2 Å². The molecule has 0 radical (unpaired) electrons. The number of aryl methyl sites for hydroxylation is 6. The second-order valence-electron chi connectivity index (χ2n) is 29.8. The lowest BCUT2D eigenvalue weighted by Gasteiger charge is -2.39. The Morgan fingerprint density at radius 2 is 0.917 bits per heavy atom. The van der Waals surface area contributed by atoms with Gasteiger partial charge in [-0.2, -0.15) is 0 Å². The van der Waals surface area contributed by atoms with Gasteiger partial charge in [-0.05, 0) is 186 Å². The number of ether oxygens (including phenoxy) is 2. The maximum Gasteiger partial charge on any atom is 0.143 e. The van der Waals surface area contributed by atoms with Crippen molar-refractivity contribution in [1.82, 2.24) is 64.8 Å². The highest BCUT2D eigenvalue weighted by Crippen LogP contribution is 2.43. The van der Waals surface area contributed by atoms with E-state index in [9.17, 15) is 4.39 Å². The maximum absolute atomic E-state index is 13.4. The largest absolute Gasteiger partial charge is 0.497 e. The van der Waals surface area contributed by atoms with E-state index in [0.29, 0.717) is 11.8 Å². The number of nitrogens with zero attached hydrogens (tertiary/aromatic N) is 12. The first kappa shape index (κ1) is 70.5. The van der Waals surface area contributed by atoms with Crippen LogP contribution in [0.5, 0.6) is 11.5 Å². The van der Waals surface area contributed by atoms with Gasteiger partial charge in [0.2, 0.25) is 0 Å². The van der Waals surface area contributed by atoms with Gasteiger partial charge in [-0.25, -0.2) is 49.2 Å². The highest BCUT2D eigenvalue weighted by atomic mass is 19.1. The summed E-state index contributed by atoms with van der Waals surface area (Å²) in [6, 6.07) is 50.9. The van der Waals surface area contributed by atoms with Crippen LogP contribution in [0.1, 0.15) is 142 Å². The third-order valence-electron chi connectivity index (χ3n) is 22.5. The fraction of sp³-hybridized carbons (Fsp3) is 0.292. The lowest BCUT2D eigenvalue weighted by atomic mass is 9.79. The molecule has 6 aromatic carbocycles. The number of allylic oxidation sites excluding steroid dienone is 2. The predicted molar refractivity (Wildman–Crippen MR) is 430 cm³/mol. The number of benzene rings is 6. The molecule has 7 aromatic heterocycles. The van der Waals surface area contributed by atoms with Gasteiger partial charge in [-0.3, -0.25) is 0 Å². The molecule has 2 aliphatic carbocycles. The van der Waals surface area contributed by atoms with Crippen molar-refractivity contribution in [1.29, 1.82) is 0 Å². The van der Waals surface area contributed by atoms with Gasteiger partial charge in [0.25, 0.3) is 0 Å². The van der Waals surface area contributed by atoms with Gasteiger partial charge in [-0.15, -0.1) is 0 Å². The number of hydrogen-bond acceptors (Lipinski definition) is 14. The van der Waals surface area contributed by atoms with Crippen LogP contribution >= 0.6 is 0 Å². The van der Waals surface area contributed by atoms with Crippen LogP contribution in [0.4, 0.5) is 21.8 Å². The van der Waals surface area contributed by atoms with E-state index in [2.05, 4.69) is 218 Å². The summed E-state index contributed by atoms with van der Waals surface area (Å²) >= 11 is 0. The highest BCUT2D eigenvalue weighted by molar-refractivity contribution is 5.94. The normalized spacial score (nSPS) is 15.6. The number of aromatic nitrogens is 13. The van der Waals surface area contributed by atoms with Gasteiger partial charge in [0.05, 0.1) is 48.1 Å². The first-order valence-electron chi connectivity index (χ1n) is 37.7. The number of rotatable bonds is 14. The first-order chi connectivity index (χ1) is 52.6. The Bertz CT molecular complexity index is 5440. The Morgan fingerprint density at radius 1 is 0.444 bits per heavy atom. The van der Waals surface area contributed by atoms with Crippen molar-refractivity contribution in [3.63, 3.8) is 0 Å². The van der Waals surface area contributed by atoms with Crippen LogP contribution in [0.2, 0.25) is 0 Å². The quantitative estimate of drug-likeness (QED) is 0.0799. The Balaban J connectivity index is 0.000000124. The molecule has 19 heteroatoms. The fourth-order valence-corrected chi connectivity index (χ4v) is 16.1. The number of aromatic amines is 4. The molecule has 108 heavy (non-hydrogen) atoms. The third kappa shape index (κ3) is 14.5. The van der Waals surface area contributed by atoms with Crippen LogP contribution in [0.15, 0.2) is 171 Å². The number of imidazole rings is 3. The lowest BCUT2D eigenvalue weighted by molar-refractivity contribution is 0.345. The molecule has 546 valence electrons. The Hall–Kier alpha value is -11.9. The number of anilines is 3. The van der Waals surface area contributed by atoms with E-state index in [-0.39, 0.29) is 11.2 Å². The number of fused-ring (bicyclic) bond motifs is 3. The van der Waals surface area contributed by atoms with E-state index in [1.165, 1.54) is 40.0 Å². The molecule has 4 N–H and O–H groups in total. The molecule has 3 saturated heterocycles. The van der Waals surface area contributed by atoms with Crippen molar-refractivity contribution < 1.29 is 13.9 Å². The van der Waals surface area contributed by atoms with Crippen LogP contribution in [0.25, 0.3) is 79.4 Å². The third-order valence-corrected chi connectivity index (χ3v) is 22.5. The molecule has 18 nitrogen and oxygen atoms in total. The van der Waals surface area contributed by atoms with Gasteiger partial charge in [0.15, 0.2) is 0 Å². The molecule has 5 aliphatic rings. The maximum atomic E-state index is 13.4. The monoisotopic (exact) mass is 1430 g/mol. The minimum atomic E-state index is -0.218. The second-order valence-corrected chi connectivity index (χ2v) is 29.8. The topological polar surface area (TPSA) is 207 Å². The Morgan fingerprint density at radius 3 is 1.47 bits per heavy atom. The average Bonchev–Trinajstić information content (AvgIpc) is 1.58. The molecule has 0 atom stereocenters. The van der Waals surface area contributed by atoms with Crippen LogP contribution < -0.4 is 24.2 Å². The zero-order valence-corrected chi connectivity index (χ0v) is 62.9. The van der Waals surface area contributed by atoms with E-state index < -0.39 is 0 Å². The molecule has 13 aromatic rings. The molecule has 0 saturated carbocycles. The molecule has 10 heterocycles. The molecular formula is C89H91FN16O2. The van der Waals surface area contributed by atoms with E-state index in [0.717, 1.165) is 244 Å². The van der Waals surface area contributed by atoms with E-state index in [4.69, 9.17) is 34.4 Å². The number of hydrogen-bond donors (Lipinski definition) is 4. The summed E-state index contributed by atoms with van der Waals surface area (Å²) in [6.07, 6.45) is 17.2. The van der Waals surface area contributed by atoms with Crippen LogP contribution in [-0.2, 0) is 18.3 Å². The first-order valence-corrected chi connectivity index (χ1v) is 37.7. The minimum absolute atomic E-state index is 0.0143. The van der Waals surface area contributed by atoms with Crippen molar-refractivity contribution in [2.45, 2.75) is 117 Å². The van der Waals surface area contributed by atoms with Crippen molar-refractivity contribution in [2.24, 2.45) is 0 Å². The van der Waals surface area contributed by atoms with Gasteiger partial charge in [-0.1, -0.05) is 109 Å². The van der Waals surface area contributed by atoms with Gasteiger partial charge < -0.3 is 44.1 Å². The minimum Gasteiger partial charge on any atom is -0.497 e. The summed E-state index contributed by atoms with van der Waals surface area (Å²) in [5.41, 5.74) is 25.7. The van der Waals surface area contributed by atoms with Gasteiger partial charge in [0, 0.05) is 120 Å². The summed E-state index contributed by atoms with van der Waals surface area (Å²) in [6.45, 7) is 20.5. The molecule has 0 bridgehead atoms. The summed E-state index contributed by atoms with van der Waals surface area (Å²) in [4.78, 5) is 64.3. The number of piperidine rings is 3.